The van der Waals surface area contributed by atoms with Crippen molar-refractivity contribution in [3.8, 4) is 6.07 Å². The van der Waals surface area contributed by atoms with Crippen LogP contribution in [0.25, 0.3) is 0 Å². The number of benzene rings is 2. The minimum atomic E-state index is -0.902. The zero-order valence-electron chi connectivity index (χ0n) is 20.6. The lowest BCUT2D eigenvalue weighted by Crippen LogP contribution is -2.43. The van der Waals surface area contributed by atoms with E-state index >= 15 is 0 Å². The van der Waals surface area contributed by atoms with E-state index in [0.29, 0.717) is 49.3 Å². The highest BCUT2D eigenvalue weighted by molar-refractivity contribution is 5.94. The van der Waals surface area contributed by atoms with Crippen LogP contribution in [0.3, 0.4) is 0 Å². The highest BCUT2D eigenvalue weighted by atomic mass is 16.2. The van der Waals surface area contributed by atoms with Gasteiger partial charge < -0.3 is 21.7 Å². The third-order valence-electron chi connectivity index (χ3n) is 7.48. The number of H-pyrrole nitrogens is 1. The number of aromatic nitrogens is 4. The summed E-state index contributed by atoms with van der Waals surface area (Å²) in [6, 6.07) is 12.4. The molecular formula is C26H27N9O3. The van der Waals surface area contributed by atoms with Gasteiger partial charge in [-0.05, 0) is 78.7 Å². The molecule has 1 saturated heterocycles. The average molecular weight is 514 g/mol. The van der Waals surface area contributed by atoms with E-state index in [9.17, 15) is 19.6 Å². The molecule has 1 unspecified atom stereocenters. The van der Waals surface area contributed by atoms with Crippen molar-refractivity contribution in [1.29, 1.82) is 5.26 Å². The fraction of sp³-hybridized carbons (Fsp3) is 0.346. The Morgan fingerprint density at radius 3 is 2.32 bits per heavy atom. The van der Waals surface area contributed by atoms with Crippen molar-refractivity contribution in [3.05, 3.63) is 75.6 Å². The van der Waals surface area contributed by atoms with E-state index in [1.54, 1.807) is 29.2 Å². The SMILES string of the molecule is N#CC1CCCN1C(=O)CNCCC1(c2nn[nH]n2)c2ccc(C(N)=O)cc2Cc2cc(C(N)=O)ccc21. The maximum atomic E-state index is 12.8. The first-order valence-electron chi connectivity index (χ1n) is 12.4. The number of carbonyl (C=O) groups excluding carboxylic acids is 3. The molecule has 0 spiro atoms. The van der Waals surface area contributed by atoms with Crippen molar-refractivity contribution in [2.45, 2.75) is 37.1 Å². The molecule has 2 aliphatic rings. The number of likely N-dealkylation sites (tertiary alicyclic amines) is 1. The molecule has 0 radical (unpaired) electrons. The monoisotopic (exact) mass is 513 g/mol. The third-order valence-corrected chi connectivity index (χ3v) is 7.48. The van der Waals surface area contributed by atoms with Gasteiger partial charge in [0.15, 0.2) is 5.82 Å². The van der Waals surface area contributed by atoms with Crippen molar-refractivity contribution in [1.82, 2.24) is 30.8 Å². The van der Waals surface area contributed by atoms with Crippen molar-refractivity contribution < 1.29 is 14.4 Å². The number of nitrogens with one attached hydrogen (secondary N) is 2. The average Bonchev–Trinajstić information content (AvgIpc) is 3.62. The normalized spacial score (nSPS) is 17.3. The Labute approximate surface area is 218 Å². The van der Waals surface area contributed by atoms with E-state index in [-0.39, 0.29) is 18.5 Å². The molecule has 2 heterocycles. The number of amides is 3. The molecule has 1 atom stereocenters. The van der Waals surface area contributed by atoms with Gasteiger partial charge in [-0.25, -0.2) is 0 Å². The van der Waals surface area contributed by atoms with Crippen LogP contribution in [0.5, 0.6) is 0 Å². The van der Waals surface area contributed by atoms with Crippen molar-refractivity contribution in [3.63, 3.8) is 0 Å². The van der Waals surface area contributed by atoms with Crippen molar-refractivity contribution in [2.75, 3.05) is 19.6 Å². The van der Waals surface area contributed by atoms with Crippen LogP contribution in [0.4, 0.5) is 0 Å². The van der Waals surface area contributed by atoms with Gasteiger partial charge in [0.2, 0.25) is 17.7 Å². The van der Waals surface area contributed by atoms with E-state index in [4.69, 9.17) is 11.5 Å². The largest absolute Gasteiger partial charge is 0.366 e. The van der Waals surface area contributed by atoms with Crippen LogP contribution >= 0.6 is 0 Å². The quantitative estimate of drug-likeness (QED) is 0.305. The molecule has 194 valence electrons. The maximum absolute atomic E-state index is 12.8. The summed E-state index contributed by atoms with van der Waals surface area (Å²) in [4.78, 5) is 38.3. The Morgan fingerprint density at radius 1 is 1.11 bits per heavy atom. The Bertz CT molecular complexity index is 1380. The molecule has 2 aromatic carbocycles. The number of nitrogens with two attached hydrogens (primary N) is 2. The number of nitrogens with zero attached hydrogens (tertiary/aromatic N) is 5. The summed E-state index contributed by atoms with van der Waals surface area (Å²) in [6.07, 6.45) is 2.40. The zero-order chi connectivity index (χ0) is 26.9. The molecule has 12 heteroatoms. The lowest BCUT2D eigenvalue weighted by atomic mass is 9.63. The van der Waals surface area contributed by atoms with E-state index < -0.39 is 17.2 Å². The molecule has 0 bridgehead atoms. The molecule has 1 aliphatic heterocycles. The Morgan fingerprint density at radius 2 is 1.76 bits per heavy atom. The summed E-state index contributed by atoms with van der Waals surface area (Å²) in [5, 5.41) is 27.6. The first kappa shape index (κ1) is 25.0. The van der Waals surface area contributed by atoms with E-state index in [1.165, 1.54) is 0 Å². The summed E-state index contributed by atoms with van der Waals surface area (Å²) in [6.45, 7) is 1.07. The predicted octanol–water partition coefficient (Wildman–Crippen LogP) is 0.130. The number of nitriles is 1. The van der Waals surface area contributed by atoms with Crippen molar-refractivity contribution >= 4 is 17.7 Å². The summed E-state index contributed by atoms with van der Waals surface area (Å²) in [7, 11) is 0. The molecule has 12 nitrogen and oxygen atoms in total. The molecule has 1 fully saturated rings. The lowest BCUT2D eigenvalue weighted by Gasteiger charge is -2.39. The van der Waals surface area contributed by atoms with Crippen molar-refractivity contribution in [2.24, 2.45) is 11.5 Å². The van der Waals surface area contributed by atoms with Gasteiger partial charge in [0.1, 0.15) is 6.04 Å². The van der Waals surface area contributed by atoms with Gasteiger partial charge in [-0.2, -0.15) is 10.5 Å². The van der Waals surface area contributed by atoms with Gasteiger partial charge in [-0.1, -0.05) is 17.3 Å². The van der Waals surface area contributed by atoms with Gasteiger partial charge in [0, 0.05) is 17.7 Å². The first-order chi connectivity index (χ1) is 18.3. The predicted molar refractivity (Wildman–Crippen MR) is 135 cm³/mol. The summed E-state index contributed by atoms with van der Waals surface area (Å²) >= 11 is 0. The number of hydrogen-bond acceptors (Lipinski definition) is 8. The highest BCUT2D eigenvalue weighted by Gasteiger charge is 2.45. The fourth-order valence-electron chi connectivity index (χ4n) is 5.71. The van der Waals surface area contributed by atoms with E-state index in [0.717, 1.165) is 28.7 Å². The molecule has 5 rings (SSSR count). The van der Waals surface area contributed by atoms with Gasteiger partial charge in [-0.15, -0.1) is 10.2 Å². The summed E-state index contributed by atoms with van der Waals surface area (Å²) < 4.78 is 0. The number of carbonyl (C=O) groups is 3. The summed E-state index contributed by atoms with van der Waals surface area (Å²) in [5.41, 5.74) is 14.4. The van der Waals surface area contributed by atoms with Crippen LogP contribution in [0.1, 0.15) is 68.1 Å². The number of aromatic amines is 1. The molecule has 6 N–H and O–H groups in total. The summed E-state index contributed by atoms with van der Waals surface area (Å²) in [5.74, 6) is -0.806. The molecule has 0 saturated carbocycles. The van der Waals surface area contributed by atoms with Crippen LogP contribution < -0.4 is 16.8 Å². The molecular weight excluding hydrogens is 486 g/mol. The number of primary amides is 2. The van der Waals surface area contributed by atoms with Crippen LogP contribution in [-0.4, -0.2) is 68.9 Å². The Hall–Kier alpha value is -4.63. The Kier molecular flexibility index (Phi) is 6.61. The van der Waals surface area contributed by atoms with Gasteiger partial charge in [0.05, 0.1) is 18.0 Å². The lowest BCUT2D eigenvalue weighted by molar-refractivity contribution is -0.130. The second-order valence-corrected chi connectivity index (χ2v) is 9.59. The standard InChI is InChI=1S/C26H27N9O3/c27-13-19-2-1-9-35(19)22(36)14-30-8-7-26(25-31-33-34-32-25)20-5-3-15(23(28)37)10-17(20)12-18-11-16(24(29)38)4-6-21(18)26/h3-6,10-11,19,30H,1-2,7-9,12,14H2,(H2,28,37)(H2,29,38)(H,31,32,33,34). The number of tetrazole rings is 1. The minimum Gasteiger partial charge on any atom is -0.366 e. The van der Waals surface area contributed by atoms with Gasteiger partial charge >= 0.3 is 0 Å². The number of rotatable bonds is 8. The van der Waals surface area contributed by atoms with E-state index in [2.05, 4.69) is 32.0 Å². The first-order valence-corrected chi connectivity index (χ1v) is 12.4. The van der Waals surface area contributed by atoms with Crippen LogP contribution in [0, 0.1) is 11.3 Å². The topological polar surface area (TPSA) is 197 Å². The Balaban J connectivity index is 1.52. The zero-order valence-corrected chi connectivity index (χ0v) is 20.6. The van der Waals surface area contributed by atoms with Gasteiger partial charge in [-0.3, -0.25) is 14.4 Å². The second kappa shape index (κ2) is 10.0. The van der Waals surface area contributed by atoms with Gasteiger partial charge in [0.25, 0.3) is 0 Å². The second-order valence-electron chi connectivity index (χ2n) is 9.59. The highest BCUT2D eigenvalue weighted by Crippen LogP contribution is 2.47. The van der Waals surface area contributed by atoms with Crippen LogP contribution in [0.2, 0.25) is 0 Å². The molecule has 3 aromatic rings. The number of fused-ring (bicyclic) bond motifs is 2. The molecule has 1 aromatic heterocycles. The molecule has 1 aliphatic carbocycles. The maximum Gasteiger partial charge on any atom is 0.248 e. The minimum absolute atomic E-state index is 0.0848. The molecule has 3 amide bonds. The third kappa shape index (κ3) is 4.26. The van der Waals surface area contributed by atoms with E-state index in [1.807, 2.05) is 12.1 Å². The smallest absolute Gasteiger partial charge is 0.248 e. The molecule has 38 heavy (non-hydrogen) atoms. The number of hydrogen-bond donors (Lipinski definition) is 4. The fourth-order valence-corrected chi connectivity index (χ4v) is 5.71. The van der Waals surface area contributed by atoms with Crippen LogP contribution in [-0.2, 0) is 16.6 Å². The van der Waals surface area contributed by atoms with Crippen LogP contribution in [0.15, 0.2) is 36.4 Å².